The van der Waals surface area contributed by atoms with E-state index in [1.807, 2.05) is 0 Å². The zero-order valence-corrected chi connectivity index (χ0v) is 13.5. The lowest BCUT2D eigenvalue weighted by Gasteiger charge is -2.21. The van der Waals surface area contributed by atoms with Crippen molar-refractivity contribution in [3.63, 3.8) is 0 Å². The summed E-state index contributed by atoms with van der Waals surface area (Å²) in [5.41, 5.74) is -0.811. The molecule has 0 amide bonds. The lowest BCUT2D eigenvalue weighted by Crippen LogP contribution is -2.47. The van der Waals surface area contributed by atoms with E-state index >= 15 is 0 Å². The fourth-order valence-corrected chi connectivity index (χ4v) is 2.20. The maximum atomic E-state index is 11.2. The van der Waals surface area contributed by atoms with Crippen LogP contribution >= 0.6 is 0 Å². The minimum Gasteiger partial charge on any atom is -0.302 e. The smallest absolute Gasteiger partial charge is 0.302 e. The van der Waals surface area contributed by atoms with Crippen LogP contribution in [0.1, 0.15) is 85.0 Å². The summed E-state index contributed by atoms with van der Waals surface area (Å²) in [6.07, 6.45) is 13.0. The standard InChI is InChI=1S/C16H33NO3/c1-4-5-6-7-8-9-10-11-12-13-14-17-16(2,3)15(18)20-19/h17,19H,4-14H2,1-3H3. The molecular formula is C16H33NO3. The Labute approximate surface area is 124 Å². The van der Waals surface area contributed by atoms with E-state index in [0.29, 0.717) is 0 Å². The van der Waals surface area contributed by atoms with Crippen molar-refractivity contribution >= 4 is 5.97 Å². The molecule has 4 heteroatoms. The van der Waals surface area contributed by atoms with Crippen LogP contribution in [-0.2, 0) is 9.68 Å². The summed E-state index contributed by atoms with van der Waals surface area (Å²) in [6.45, 7) is 6.44. The van der Waals surface area contributed by atoms with Crippen LogP contribution in [0.5, 0.6) is 0 Å². The Morgan fingerprint density at radius 1 is 0.950 bits per heavy atom. The first-order chi connectivity index (χ1) is 9.54. The van der Waals surface area contributed by atoms with Gasteiger partial charge in [0.1, 0.15) is 5.54 Å². The van der Waals surface area contributed by atoms with E-state index in [4.69, 9.17) is 5.26 Å². The Bertz CT molecular complexity index is 242. The van der Waals surface area contributed by atoms with Crippen LogP contribution < -0.4 is 5.32 Å². The lowest BCUT2D eigenvalue weighted by atomic mass is 10.0. The van der Waals surface area contributed by atoms with Gasteiger partial charge in [0.2, 0.25) is 0 Å². The molecule has 0 aliphatic heterocycles. The van der Waals surface area contributed by atoms with Crippen molar-refractivity contribution < 1.29 is 14.9 Å². The first-order valence-corrected chi connectivity index (χ1v) is 8.15. The molecule has 0 radical (unpaired) electrons. The summed E-state index contributed by atoms with van der Waals surface area (Å²) >= 11 is 0. The minimum absolute atomic E-state index is 0.635. The average molecular weight is 287 g/mol. The van der Waals surface area contributed by atoms with E-state index < -0.39 is 11.5 Å². The molecule has 20 heavy (non-hydrogen) atoms. The number of hydrogen-bond acceptors (Lipinski definition) is 4. The number of hydrogen-bond donors (Lipinski definition) is 2. The van der Waals surface area contributed by atoms with Crippen LogP contribution in [0, 0.1) is 0 Å². The van der Waals surface area contributed by atoms with Crippen LogP contribution in [-0.4, -0.2) is 23.3 Å². The highest BCUT2D eigenvalue weighted by atomic mass is 17.1. The summed E-state index contributed by atoms with van der Waals surface area (Å²) in [5.74, 6) is -0.635. The maximum Gasteiger partial charge on any atom is 0.361 e. The summed E-state index contributed by atoms with van der Waals surface area (Å²) in [4.78, 5) is 15.0. The number of carbonyl (C=O) groups is 1. The quantitative estimate of drug-likeness (QED) is 0.301. The predicted molar refractivity (Wildman–Crippen MR) is 82.6 cm³/mol. The van der Waals surface area contributed by atoms with Crippen molar-refractivity contribution in [2.75, 3.05) is 6.54 Å². The van der Waals surface area contributed by atoms with Crippen molar-refractivity contribution in [2.45, 2.75) is 90.5 Å². The Hall–Kier alpha value is -0.610. The number of carbonyl (C=O) groups excluding carboxylic acids is 1. The molecule has 0 aliphatic carbocycles. The summed E-state index contributed by atoms with van der Waals surface area (Å²) in [6, 6.07) is 0. The van der Waals surface area contributed by atoms with Gasteiger partial charge in [-0.05, 0) is 26.8 Å². The lowest BCUT2D eigenvalue weighted by molar-refractivity contribution is -0.240. The molecule has 0 fully saturated rings. The molecule has 0 aromatic heterocycles. The molecule has 0 aliphatic rings. The maximum absolute atomic E-state index is 11.2. The Morgan fingerprint density at radius 3 is 1.85 bits per heavy atom. The van der Waals surface area contributed by atoms with Crippen LogP contribution in [0.15, 0.2) is 0 Å². The molecule has 0 rings (SSSR count). The van der Waals surface area contributed by atoms with Gasteiger partial charge in [-0.15, -0.1) is 0 Å². The van der Waals surface area contributed by atoms with Gasteiger partial charge in [-0.3, -0.25) is 4.89 Å². The first kappa shape index (κ1) is 19.4. The highest BCUT2D eigenvalue weighted by Crippen LogP contribution is 2.11. The topological polar surface area (TPSA) is 58.6 Å². The molecule has 0 saturated heterocycles. The summed E-state index contributed by atoms with van der Waals surface area (Å²) in [7, 11) is 0. The van der Waals surface area contributed by atoms with Crippen LogP contribution in [0.2, 0.25) is 0 Å². The third-order valence-corrected chi connectivity index (χ3v) is 3.69. The third-order valence-electron chi connectivity index (χ3n) is 3.69. The second-order valence-electron chi connectivity index (χ2n) is 6.11. The molecular weight excluding hydrogens is 254 g/mol. The van der Waals surface area contributed by atoms with Gasteiger partial charge in [-0.1, -0.05) is 64.7 Å². The number of rotatable bonds is 13. The molecule has 2 N–H and O–H groups in total. The van der Waals surface area contributed by atoms with Gasteiger partial charge in [0.25, 0.3) is 0 Å². The van der Waals surface area contributed by atoms with Gasteiger partial charge < -0.3 is 5.32 Å². The van der Waals surface area contributed by atoms with Crippen LogP contribution in [0.25, 0.3) is 0 Å². The fraction of sp³-hybridized carbons (Fsp3) is 0.938. The van der Waals surface area contributed by atoms with Crippen molar-refractivity contribution in [1.82, 2.24) is 5.32 Å². The van der Waals surface area contributed by atoms with E-state index in [-0.39, 0.29) is 0 Å². The average Bonchev–Trinajstić information content (AvgIpc) is 2.43. The molecule has 0 atom stereocenters. The highest BCUT2D eigenvalue weighted by Gasteiger charge is 2.28. The fourth-order valence-electron chi connectivity index (χ4n) is 2.20. The number of nitrogens with one attached hydrogen (secondary N) is 1. The second kappa shape index (κ2) is 12.2. The molecule has 0 heterocycles. The van der Waals surface area contributed by atoms with E-state index in [9.17, 15) is 4.79 Å². The van der Waals surface area contributed by atoms with Gasteiger partial charge in [0, 0.05) is 0 Å². The van der Waals surface area contributed by atoms with E-state index in [0.717, 1.165) is 13.0 Å². The van der Waals surface area contributed by atoms with Gasteiger partial charge >= 0.3 is 5.97 Å². The van der Waals surface area contributed by atoms with Crippen molar-refractivity contribution in [3.05, 3.63) is 0 Å². The Morgan fingerprint density at radius 2 is 1.40 bits per heavy atom. The Balaban J connectivity index is 3.30. The van der Waals surface area contributed by atoms with Gasteiger partial charge in [-0.2, -0.15) is 5.26 Å². The molecule has 0 bridgehead atoms. The number of unbranched alkanes of at least 4 members (excludes halogenated alkanes) is 9. The normalized spacial score (nSPS) is 11.6. The minimum atomic E-state index is -0.811. The van der Waals surface area contributed by atoms with E-state index in [1.165, 1.54) is 57.8 Å². The largest absolute Gasteiger partial charge is 0.361 e. The third kappa shape index (κ3) is 10.2. The molecule has 0 spiro atoms. The molecule has 120 valence electrons. The monoisotopic (exact) mass is 287 g/mol. The molecule has 0 aromatic carbocycles. The summed E-state index contributed by atoms with van der Waals surface area (Å²) < 4.78 is 0. The second-order valence-corrected chi connectivity index (χ2v) is 6.11. The van der Waals surface area contributed by atoms with Gasteiger partial charge in [0.05, 0.1) is 0 Å². The van der Waals surface area contributed by atoms with Crippen molar-refractivity contribution in [3.8, 4) is 0 Å². The van der Waals surface area contributed by atoms with Gasteiger partial charge in [-0.25, -0.2) is 4.79 Å². The van der Waals surface area contributed by atoms with E-state index in [2.05, 4.69) is 17.1 Å². The van der Waals surface area contributed by atoms with Crippen molar-refractivity contribution in [1.29, 1.82) is 0 Å². The first-order valence-electron chi connectivity index (χ1n) is 8.15. The molecule has 4 nitrogen and oxygen atoms in total. The van der Waals surface area contributed by atoms with Crippen LogP contribution in [0.4, 0.5) is 0 Å². The van der Waals surface area contributed by atoms with E-state index in [1.54, 1.807) is 13.8 Å². The Kier molecular flexibility index (Phi) is 11.8. The molecule has 0 aromatic rings. The molecule has 0 saturated carbocycles. The zero-order valence-electron chi connectivity index (χ0n) is 13.5. The van der Waals surface area contributed by atoms with Gasteiger partial charge in [0.15, 0.2) is 0 Å². The summed E-state index contributed by atoms with van der Waals surface area (Å²) in [5, 5.41) is 11.5. The van der Waals surface area contributed by atoms with Crippen LogP contribution in [0.3, 0.4) is 0 Å². The SMILES string of the molecule is CCCCCCCCCCCCNC(C)(C)C(=O)OO. The highest BCUT2D eigenvalue weighted by molar-refractivity contribution is 5.79. The zero-order chi connectivity index (χ0) is 15.3. The predicted octanol–water partition coefficient (Wildman–Crippen LogP) is 4.29. The van der Waals surface area contributed by atoms with Crippen molar-refractivity contribution in [2.24, 2.45) is 0 Å². The molecule has 0 unspecified atom stereocenters.